The lowest BCUT2D eigenvalue weighted by atomic mass is 10.4. The highest BCUT2D eigenvalue weighted by molar-refractivity contribution is 7.15. The minimum Gasteiger partial charge on any atom is -0.322 e. The van der Waals surface area contributed by atoms with Crippen LogP contribution in [0.15, 0.2) is 17.5 Å². The van der Waals surface area contributed by atoms with Crippen molar-refractivity contribution in [1.29, 1.82) is 0 Å². The molecular weight excluding hydrogens is 244 g/mol. The molecular formula is C9H10N4OS2. The quantitative estimate of drug-likeness (QED) is 0.855. The van der Waals surface area contributed by atoms with Gasteiger partial charge < -0.3 is 5.73 Å². The lowest BCUT2D eigenvalue weighted by Gasteiger charge is -1.94. The molecule has 0 aliphatic rings. The first-order valence-electron chi connectivity index (χ1n) is 4.62. The highest BCUT2D eigenvalue weighted by Gasteiger charge is 2.07. The fraction of sp³-hybridized carbons (Fsp3) is 0.222. The molecule has 84 valence electrons. The van der Waals surface area contributed by atoms with Gasteiger partial charge in [0.25, 0.3) is 0 Å². The number of carbonyl (C=O) groups is 1. The minimum atomic E-state index is -0.251. The SMILES string of the molecule is NCC(=O)Nc1nnc(Cc2cccs2)s1. The maximum atomic E-state index is 11.0. The van der Waals surface area contributed by atoms with Crippen LogP contribution in [-0.4, -0.2) is 22.6 Å². The summed E-state index contributed by atoms with van der Waals surface area (Å²) in [6.07, 6.45) is 0.758. The number of amides is 1. The number of nitrogens with zero attached hydrogens (tertiary/aromatic N) is 2. The summed E-state index contributed by atoms with van der Waals surface area (Å²) in [5.74, 6) is -0.251. The standard InChI is InChI=1S/C9H10N4OS2/c10-5-7(14)11-9-13-12-8(16-9)4-6-2-1-3-15-6/h1-3H,4-5,10H2,(H,11,13,14). The third-order valence-electron chi connectivity index (χ3n) is 1.80. The fourth-order valence-electron chi connectivity index (χ4n) is 1.11. The van der Waals surface area contributed by atoms with Gasteiger partial charge in [-0.2, -0.15) is 0 Å². The van der Waals surface area contributed by atoms with Crippen LogP contribution in [0.4, 0.5) is 5.13 Å². The average molecular weight is 254 g/mol. The van der Waals surface area contributed by atoms with Gasteiger partial charge >= 0.3 is 0 Å². The van der Waals surface area contributed by atoms with Gasteiger partial charge in [-0.1, -0.05) is 17.4 Å². The largest absolute Gasteiger partial charge is 0.322 e. The molecule has 7 heteroatoms. The van der Waals surface area contributed by atoms with Crippen LogP contribution in [0.3, 0.4) is 0 Å². The van der Waals surface area contributed by atoms with E-state index in [0.29, 0.717) is 5.13 Å². The van der Waals surface area contributed by atoms with Crippen LogP contribution in [0.5, 0.6) is 0 Å². The summed E-state index contributed by atoms with van der Waals surface area (Å²) in [6, 6.07) is 4.04. The van der Waals surface area contributed by atoms with E-state index in [9.17, 15) is 4.79 Å². The number of hydrogen-bond acceptors (Lipinski definition) is 6. The van der Waals surface area contributed by atoms with Crippen LogP contribution in [0, 0.1) is 0 Å². The first kappa shape index (κ1) is 11.2. The van der Waals surface area contributed by atoms with Gasteiger partial charge in [-0.3, -0.25) is 10.1 Å². The highest BCUT2D eigenvalue weighted by Crippen LogP contribution is 2.20. The molecule has 3 N–H and O–H groups in total. The van der Waals surface area contributed by atoms with E-state index in [-0.39, 0.29) is 12.5 Å². The molecule has 2 aromatic heterocycles. The van der Waals surface area contributed by atoms with Gasteiger partial charge in [0.1, 0.15) is 5.01 Å². The fourth-order valence-corrected chi connectivity index (χ4v) is 2.69. The Morgan fingerprint density at radius 1 is 1.50 bits per heavy atom. The maximum Gasteiger partial charge on any atom is 0.239 e. The lowest BCUT2D eigenvalue weighted by Crippen LogP contribution is -2.21. The highest BCUT2D eigenvalue weighted by atomic mass is 32.1. The Morgan fingerprint density at radius 2 is 2.38 bits per heavy atom. The van der Waals surface area contributed by atoms with E-state index in [1.165, 1.54) is 16.2 Å². The molecule has 0 spiro atoms. The van der Waals surface area contributed by atoms with Crippen molar-refractivity contribution >= 4 is 33.7 Å². The molecule has 0 aliphatic carbocycles. The molecule has 1 amide bonds. The van der Waals surface area contributed by atoms with Gasteiger partial charge in [-0.05, 0) is 11.4 Å². The maximum absolute atomic E-state index is 11.0. The van der Waals surface area contributed by atoms with E-state index in [1.54, 1.807) is 11.3 Å². The molecule has 0 atom stereocenters. The topological polar surface area (TPSA) is 80.9 Å². The Bertz CT molecular complexity index is 466. The Morgan fingerprint density at radius 3 is 3.06 bits per heavy atom. The Kier molecular flexibility index (Phi) is 3.60. The number of nitrogens with two attached hydrogens (primary N) is 1. The average Bonchev–Trinajstić information content (AvgIpc) is 2.91. The van der Waals surface area contributed by atoms with E-state index < -0.39 is 0 Å². The molecule has 0 saturated carbocycles. The van der Waals surface area contributed by atoms with Gasteiger partial charge in [-0.25, -0.2) is 0 Å². The second-order valence-electron chi connectivity index (χ2n) is 3.01. The van der Waals surface area contributed by atoms with Crippen molar-refractivity contribution in [2.45, 2.75) is 6.42 Å². The van der Waals surface area contributed by atoms with E-state index >= 15 is 0 Å². The molecule has 0 radical (unpaired) electrons. The van der Waals surface area contributed by atoms with Crippen molar-refractivity contribution in [2.24, 2.45) is 5.73 Å². The zero-order valence-electron chi connectivity index (χ0n) is 8.34. The zero-order chi connectivity index (χ0) is 11.4. The summed E-state index contributed by atoms with van der Waals surface area (Å²) in [5.41, 5.74) is 5.18. The number of nitrogens with one attached hydrogen (secondary N) is 1. The normalized spacial score (nSPS) is 10.3. The monoisotopic (exact) mass is 254 g/mol. The predicted molar refractivity (Wildman–Crippen MR) is 64.7 cm³/mol. The zero-order valence-corrected chi connectivity index (χ0v) is 9.98. The molecule has 2 heterocycles. The summed E-state index contributed by atoms with van der Waals surface area (Å²) in [6.45, 7) is -0.0418. The second kappa shape index (κ2) is 5.15. The van der Waals surface area contributed by atoms with Crippen molar-refractivity contribution in [1.82, 2.24) is 10.2 Å². The predicted octanol–water partition coefficient (Wildman–Crippen LogP) is 1.09. The minimum absolute atomic E-state index is 0.0418. The van der Waals surface area contributed by atoms with Crippen LogP contribution in [-0.2, 0) is 11.2 Å². The number of thiophene rings is 1. The Balaban J connectivity index is 1.99. The molecule has 2 aromatic rings. The van der Waals surface area contributed by atoms with E-state index in [1.807, 2.05) is 17.5 Å². The van der Waals surface area contributed by atoms with Gasteiger partial charge in [0.15, 0.2) is 0 Å². The number of carbonyl (C=O) groups excluding carboxylic acids is 1. The summed E-state index contributed by atoms with van der Waals surface area (Å²) in [5, 5.41) is 13.9. The molecule has 0 bridgehead atoms. The van der Waals surface area contributed by atoms with Crippen molar-refractivity contribution in [3.63, 3.8) is 0 Å². The molecule has 16 heavy (non-hydrogen) atoms. The number of aromatic nitrogens is 2. The van der Waals surface area contributed by atoms with Gasteiger partial charge in [0.2, 0.25) is 11.0 Å². The first-order chi connectivity index (χ1) is 7.78. The van der Waals surface area contributed by atoms with Crippen molar-refractivity contribution in [3.05, 3.63) is 27.4 Å². The van der Waals surface area contributed by atoms with E-state index in [2.05, 4.69) is 15.5 Å². The molecule has 0 aliphatic heterocycles. The van der Waals surface area contributed by atoms with Crippen LogP contribution in [0.25, 0.3) is 0 Å². The van der Waals surface area contributed by atoms with Crippen LogP contribution >= 0.6 is 22.7 Å². The summed E-state index contributed by atoms with van der Waals surface area (Å²) in [7, 11) is 0. The Hall–Kier alpha value is -1.31. The van der Waals surface area contributed by atoms with E-state index in [0.717, 1.165) is 11.4 Å². The molecule has 5 nitrogen and oxygen atoms in total. The van der Waals surface area contributed by atoms with Gasteiger partial charge in [-0.15, -0.1) is 21.5 Å². The molecule has 2 rings (SSSR count). The summed E-state index contributed by atoms with van der Waals surface area (Å²) in [4.78, 5) is 12.2. The van der Waals surface area contributed by atoms with Gasteiger partial charge in [0, 0.05) is 11.3 Å². The van der Waals surface area contributed by atoms with E-state index in [4.69, 9.17) is 5.73 Å². The smallest absolute Gasteiger partial charge is 0.239 e. The van der Waals surface area contributed by atoms with Crippen LogP contribution in [0.1, 0.15) is 9.88 Å². The van der Waals surface area contributed by atoms with Crippen molar-refractivity contribution in [3.8, 4) is 0 Å². The molecule has 0 fully saturated rings. The van der Waals surface area contributed by atoms with Crippen LogP contribution in [0.2, 0.25) is 0 Å². The first-order valence-corrected chi connectivity index (χ1v) is 6.32. The molecule has 0 saturated heterocycles. The summed E-state index contributed by atoms with van der Waals surface area (Å²) < 4.78 is 0. The lowest BCUT2D eigenvalue weighted by molar-refractivity contribution is -0.114. The third kappa shape index (κ3) is 2.84. The molecule has 0 aromatic carbocycles. The second-order valence-corrected chi connectivity index (χ2v) is 5.10. The van der Waals surface area contributed by atoms with Crippen LogP contribution < -0.4 is 11.1 Å². The van der Waals surface area contributed by atoms with Crippen molar-refractivity contribution in [2.75, 3.05) is 11.9 Å². The van der Waals surface area contributed by atoms with Crippen molar-refractivity contribution < 1.29 is 4.79 Å². The Labute approximate surface area is 100 Å². The van der Waals surface area contributed by atoms with Gasteiger partial charge in [0.05, 0.1) is 6.54 Å². The third-order valence-corrected chi connectivity index (χ3v) is 3.52. The number of hydrogen-bond donors (Lipinski definition) is 2. The summed E-state index contributed by atoms with van der Waals surface area (Å²) >= 11 is 3.05. The number of anilines is 1. The number of rotatable bonds is 4. The molecule has 0 unspecified atom stereocenters.